The molecule has 2 aromatic carbocycles. The highest BCUT2D eigenvalue weighted by Gasteiger charge is 2.28. The van der Waals surface area contributed by atoms with Crippen molar-refractivity contribution in [3.05, 3.63) is 42.0 Å². The molecule has 0 radical (unpaired) electrons. The Hall–Kier alpha value is -0.965. The smallest absolute Gasteiger partial charge is 0.405 e. The third-order valence-electron chi connectivity index (χ3n) is 3.32. The first-order chi connectivity index (χ1) is 8.77. The Morgan fingerprint density at radius 2 is 1.72 bits per heavy atom. The van der Waals surface area contributed by atoms with Gasteiger partial charge >= 0.3 is 7.12 Å². The Bertz CT molecular complexity index is 565. The molecule has 18 heavy (non-hydrogen) atoms. The Morgan fingerprint density at radius 1 is 1.06 bits per heavy atom. The Morgan fingerprint density at radius 3 is 2.39 bits per heavy atom. The van der Waals surface area contributed by atoms with Crippen molar-refractivity contribution >= 4 is 36.0 Å². The van der Waals surface area contributed by atoms with Crippen LogP contribution in [0.3, 0.4) is 0 Å². The molecule has 1 unspecified atom stereocenters. The average molecular weight is 258 g/mol. The molecule has 1 saturated heterocycles. The summed E-state index contributed by atoms with van der Waals surface area (Å²) in [7, 11) is -0.223. The van der Waals surface area contributed by atoms with Crippen LogP contribution in [0, 0.1) is 0 Å². The normalized spacial score (nSPS) is 17.3. The topological polar surface area (TPSA) is 18.5 Å². The highest BCUT2D eigenvalue weighted by atomic mass is 32.1. The maximum Gasteiger partial charge on any atom is 0.494 e. The molecule has 2 aromatic rings. The fourth-order valence-electron chi connectivity index (χ4n) is 2.45. The minimum atomic E-state index is -0.223. The zero-order valence-corrected chi connectivity index (χ0v) is 11.2. The van der Waals surface area contributed by atoms with Gasteiger partial charge < -0.3 is 9.31 Å². The molecule has 1 heterocycles. The lowest BCUT2D eigenvalue weighted by atomic mass is 9.75. The Kier molecular flexibility index (Phi) is 3.33. The summed E-state index contributed by atoms with van der Waals surface area (Å²) in [5, 5.41) is 2.65. The zero-order chi connectivity index (χ0) is 12.5. The molecule has 0 bridgehead atoms. The largest absolute Gasteiger partial charge is 0.494 e. The fraction of sp³-hybridized carbons (Fsp3) is 0.286. The Balaban J connectivity index is 2.19. The van der Waals surface area contributed by atoms with E-state index in [-0.39, 0.29) is 12.4 Å². The molecule has 0 amide bonds. The summed E-state index contributed by atoms with van der Waals surface area (Å²) in [6, 6.07) is 12.6. The van der Waals surface area contributed by atoms with Crippen LogP contribution in [0.2, 0.25) is 0 Å². The number of hydrogen-bond donors (Lipinski definition) is 1. The quantitative estimate of drug-likeness (QED) is 0.659. The summed E-state index contributed by atoms with van der Waals surface area (Å²) >= 11 is 4.55. The molecular formula is C14H15BO2S. The van der Waals surface area contributed by atoms with E-state index >= 15 is 0 Å². The van der Waals surface area contributed by atoms with Crippen LogP contribution in [0.15, 0.2) is 36.4 Å². The lowest BCUT2D eigenvalue weighted by Gasteiger charge is -2.14. The van der Waals surface area contributed by atoms with Crippen LogP contribution in [0.25, 0.3) is 10.8 Å². The monoisotopic (exact) mass is 258 g/mol. The van der Waals surface area contributed by atoms with Gasteiger partial charge in [0, 0.05) is 5.25 Å². The van der Waals surface area contributed by atoms with Gasteiger partial charge in [-0.2, -0.15) is 12.6 Å². The summed E-state index contributed by atoms with van der Waals surface area (Å²) in [5.41, 5.74) is 2.36. The maximum atomic E-state index is 5.61. The second-order valence-corrected chi connectivity index (χ2v) is 5.31. The lowest BCUT2D eigenvalue weighted by molar-refractivity contribution is 0.365. The van der Waals surface area contributed by atoms with Crippen molar-refractivity contribution in [1.29, 1.82) is 0 Å². The summed E-state index contributed by atoms with van der Waals surface area (Å²) < 4.78 is 11.2. The molecule has 0 aliphatic carbocycles. The summed E-state index contributed by atoms with van der Waals surface area (Å²) in [6.07, 6.45) is 0. The summed E-state index contributed by atoms with van der Waals surface area (Å²) in [6.45, 7) is 3.43. The zero-order valence-electron chi connectivity index (χ0n) is 10.3. The standard InChI is InChI=1S/C14H15BO2S/c1-10(18)11-6-7-14(15-16-8-9-17-15)13-5-3-2-4-12(11)13/h2-7,10,18H,8-9H2,1H3. The van der Waals surface area contributed by atoms with Crippen LogP contribution in [0.1, 0.15) is 17.7 Å². The minimum Gasteiger partial charge on any atom is -0.405 e. The molecule has 2 nitrogen and oxygen atoms in total. The summed E-state index contributed by atoms with van der Waals surface area (Å²) in [4.78, 5) is 0. The van der Waals surface area contributed by atoms with Crippen molar-refractivity contribution in [2.75, 3.05) is 13.2 Å². The second kappa shape index (κ2) is 4.96. The average Bonchev–Trinajstić information content (AvgIpc) is 2.91. The van der Waals surface area contributed by atoms with Crippen LogP contribution in [-0.2, 0) is 9.31 Å². The first-order valence-electron chi connectivity index (χ1n) is 6.20. The van der Waals surface area contributed by atoms with Gasteiger partial charge in [0.15, 0.2) is 0 Å². The predicted octanol–water partition coefficient (Wildman–Crippen LogP) is 2.57. The molecule has 4 heteroatoms. The van der Waals surface area contributed by atoms with Gasteiger partial charge in [-0.15, -0.1) is 0 Å². The van der Waals surface area contributed by atoms with Gasteiger partial charge in [0.05, 0.1) is 13.2 Å². The van der Waals surface area contributed by atoms with Crippen LogP contribution < -0.4 is 5.46 Å². The highest BCUT2D eigenvalue weighted by Crippen LogP contribution is 2.27. The van der Waals surface area contributed by atoms with Crippen molar-refractivity contribution < 1.29 is 9.31 Å². The summed E-state index contributed by atoms with van der Waals surface area (Å²) in [5.74, 6) is 0. The third kappa shape index (κ3) is 2.05. The second-order valence-electron chi connectivity index (χ2n) is 4.54. The van der Waals surface area contributed by atoms with E-state index in [4.69, 9.17) is 9.31 Å². The van der Waals surface area contributed by atoms with Gasteiger partial charge in [-0.05, 0) is 28.7 Å². The van der Waals surface area contributed by atoms with E-state index in [1.54, 1.807) is 0 Å². The molecule has 1 fully saturated rings. The molecular weight excluding hydrogens is 243 g/mol. The minimum absolute atomic E-state index is 0.217. The van der Waals surface area contributed by atoms with E-state index in [1.165, 1.54) is 16.3 Å². The van der Waals surface area contributed by atoms with Crippen molar-refractivity contribution in [1.82, 2.24) is 0 Å². The molecule has 0 N–H and O–H groups in total. The van der Waals surface area contributed by atoms with Crippen molar-refractivity contribution in [2.24, 2.45) is 0 Å². The number of rotatable bonds is 2. The van der Waals surface area contributed by atoms with Gasteiger partial charge in [-0.3, -0.25) is 0 Å². The van der Waals surface area contributed by atoms with Crippen molar-refractivity contribution in [2.45, 2.75) is 12.2 Å². The highest BCUT2D eigenvalue weighted by molar-refractivity contribution is 7.80. The molecule has 0 saturated carbocycles. The molecule has 1 aliphatic heterocycles. The number of fused-ring (bicyclic) bond motifs is 1. The van der Waals surface area contributed by atoms with E-state index in [9.17, 15) is 0 Å². The van der Waals surface area contributed by atoms with E-state index < -0.39 is 0 Å². The van der Waals surface area contributed by atoms with Crippen LogP contribution in [0.5, 0.6) is 0 Å². The number of benzene rings is 2. The van der Waals surface area contributed by atoms with E-state index in [0.29, 0.717) is 13.2 Å². The van der Waals surface area contributed by atoms with Gasteiger partial charge in [0.25, 0.3) is 0 Å². The van der Waals surface area contributed by atoms with Gasteiger partial charge in [-0.1, -0.05) is 36.4 Å². The molecule has 1 aliphatic rings. The molecule has 92 valence electrons. The van der Waals surface area contributed by atoms with Gasteiger partial charge in [0.1, 0.15) is 0 Å². The molecule has 0 aromatic heterocycles. The molecule has 1 atom stereocenters. The number of thiol groups is 1. The fourth-order valence-corrected chi connectivity index (χ4v) is 2.68. The Labute approximate surface area is 113 Å². The first kappa shape index (κ1) is 12.1. The number of hydrogen-bond acceptors (Lipinski definition) is 3. The molecule has 0 spiro atoms. The van der Waals surface area contributed by atoms with Gasteiger partial charge in [0.2, 0.25) is 0 Å². The van der Waals surface area contributed by atoms with Crippen LogP contribution in [0.4, 0.5) is 0 Å². The first-order valence-corrected chi connectivity index (χ1v) is 6.72. The van der Waals surface area contributed by atoms with E-state index in [2.05, 4.69) is 49.9 Å². The van der Waals surface area contributed by atoms with Crippen molar-refractivity contribution in [3.8, 4) is 0 Å². The lowest BCUT2D eigenvalue weighted by Crippen LogP contribution is -2.32. The predicted molar refractivity (Wildman–Crippen MR) is 78.6 cm³/mol. The SMILES string of the molecule is CC(S)c1ccc(B2OCCO2)c2ccccc12. The van der Waals surface area contributed by atoms with Crippen LogP contribution in [-0.4, -0.2) is 20.3 Å². The van der Waals surface area contributed by atoms with Gasteiger partial charge in [-0.25, -0.2) is 0 Å². The van der Waals surface area contributed by atoms with E-state index in [0.717, 1.165) is 5.46 Å². The molecule has 3 rings (SSSR count). The van der Waals surface area contributed by atoms with E-state index in [1.807, 2.05) is 6.07 Å². The van der Waals surface area contributed by atoms with Crippen LogP contribution >= 0.6 is 12.6 Å². The third-order valence-corrected chi connectivity index (χ3v) is 3.60. The maximum absolute atomic E-state index is 5.61. The van der Waals surface area contributed by atoms with Crippen molar-refractivity contribution in [3.63, 3.8) is 0 Å².